The van der Waals surface area contributed by atoms with Crippen LogP contribution in [0.2, 0.25) is 0 Å². The van der Waals surface area contributed by atoms with Crippen LogP contribution in [0, 0.1) is 11.3 Å². The third-order valence-electron chi connectivity index (χ3n) is 4.95. The van der Waals surface area contributed by atoms with Gasteiger partial charge >= 0.3 is 0 Å². The second-order valence-corrected chi connectivity index (χ2v) is 6.51. The molecule has 5 nitrogen and oxygen atoms in total. The van der Waals surface area contributed by atoms with Gasteiger partial charge in [-0.2, -0.15) is 5.26 Å². The Hall–Kier alpha value is -1.80. The third kappa shape index (κ3) is 3.50. The fourth-order valence-electron chi connectivity index (χ4n) is 3.71. The Bertz CT molecular complexity index is 551. The summed E-state index contributed by atoms with van der Waals surface area (Å²) < 4.78 is 0. The van der Waals surface area contributed by atoms with Crippen molar-refractivity contribution in [2.75, 3.05) is 13.1 Å². The molecule has 1 amide bonds. The van der Waals surface area contributed by atoms with E-state index in [0.717, 1.165) is 19.5 Å². The van der Waals surface area contributed by atoms with Gasteiger partial charge in [0.1, 0.15) is 11.8 Å². The molecule has 1 aromatic heterocycles. The molecule has 118 valence electrons. The van der Waals surface area contributed by atoms with Crippen molar-refractivity contribution in [3.8, 4) is 6.07 Å². The molecule has 1 aromatic rings. The minimum Gasteiger partial charge on any atom is -0.356 e. The Labute approximate surface area is 131 Å². The second kappa shape index (κ2) is 6.97. The highest BCUT2D eigenvalue weighted by Crippen LogP contribution is 2.25. The maximum atomic E-state index is 12.2. The highest BCUT2D eigenvalue weighted by atomic mass is 16.1. The molecule has 1 saturated heterocycles. The maximum absolute atomic E-state index is 12.2. The summed E-state index contributed by atoms with van der Waals surface area (Å²) in [5, 5.41) is 11.9. The lowest BCUT2D eigenvalue weighted by Crippen LogP contribution is -2.39. The zero-order valence-electron chi connectivity index (χ0n) is 13.0. The number of carbonyl (C=O) groups excluding carboxylic acids is 1. The molecule has 3 rings (SSSR count). The molecule has 1 aliphatic carbocycles. The zero-order valence-corrected chi connectivity index (χ0v) is 13.0. The van der Waals surface area contributed by atoms with Gasteiger partial charge in [-0.15, -0.1) is 0 Å². The Morgan fingerprint density at radius 3 is 2.73 bits per heavy atom. The molecule has 2 N–H and O–H groups in total. The summed E-state index contributed by atoms with van der Waals surface area (Å²) in [4.78, 5) is 17.6. The molecule has 0 spiro atoms. The van der Waals surface area contributed by atoms with E-state index >= 15 is 0 Å². The lowest BCUT2D eigenvalue weighted by atomic mass is 10.1. The molecule has 0 unspecified atom stereocenters. The molecular weight excluding hydrogens is 276 g/mol. The minimum absolute atomic E-state index is 0.103. The summed E-state index contributed by atoms with van der Waals surface area (Å²) in [6.45, 7) is 2.05. The highest BCUT2D eigenvalue weighted by molar-refractivity contribution is 5.93. The van der Waals surface area contributed by atoms with Gasteiger partial charge in [-0.3, -0.25) is 9.69 Å². The van der Waals surface area contributed by atoms with Crippen molar-refractivity contribution in [1.82, 2.24) is 15.2 Å². The number of rotatable bonds is 3. The normalized spacial score (nSPS) is 23.9. The number of aromatic amines is 1. The van der Waals surface area contributed by atoms with E-state index in [4.69, 9.17) is 5.26 Å². The van der Waals surface area contributed by atoms with Crippen LogP contribution in [-0.2, 0) is 0 Å². The fourth-order valence-corrected chi connectivity index (χ4v) is 3.71. The van der Waals surface area contributed by atoms with Gasteiger partial charge in [0.05, 0.1) is 5.56 Å². The van der Waals surface area contributed by atoms with E-state index in [2.05, 4.69) is 15.2 Å². The van der Waals surface area contributed by atoms with Crippen LogP contribution in [0.15, 0.2) is 12.3 Å². The number of nitrogens with one attached hydrogen (secondary N) is 2. The predicted octanol–water partition coefficient (Wildman–Crippen LogP) is 2.41. The van der Waals surface area contributed by atoms with Crippen molar-refractivity contribution < 1.29 is 4.79 Å². The van der Waals surface area contributed by atoms with Crippen molar-refractivity contribution in [2.45, 2.75) is 57.0 Å². The molecule has 1 saturated carbocycles. The van der Waals surface area contributed by atoms with Crippen LogP contribution in [0.1, 0.15) is 61.0 Å². The number of H-pyrrole nitrogens is 1. The number of amides is 1. The molecule has 2 fully saturated rings. The smallest absolute Gasteiger partial charge is 0.267 e. The van der Waals surface area contributed by atoms with E-state index in [1.165, 1.54) is 38.5 Å². The van der Waals surface area contributed by atoms with E-state index in [1.54, 1.807) is 12.3 Å². The monoisotopic (exact) mass is 300 g/mol. The van der Waals surface area contributed by atoms with Gasteiger partial charge in [0, 0.05) is 31.4 Å². The second-order valence-electron chi connectivity index (χ2n) is 6.51. The van der Waals surface area contributed by atoms with Crippen LogP contribution in [0.4, 0.5) is 0 Å². The maximum Gasteiger partial charge on any atom is 0.267 e. The molecule has 2 heterocycles. The number of hydrogen-bond donors (Lipinski definition) is 2. The van der Waals surface area contributed by atoms with E-state index < -0.39 is 0 Å². The first-order valence-corrected chi connectivity index (χ1v) is 8.39. The van der Waals surface area contributed by atoms with E-state index in [1.807, 2.05) is 6.07 Å². The summed E-state index contributed by atoms with van der Waals surface area (Å²) in [5.41, 5.74) is 0.973. The third-order valence-corrected chi connectivity index (χ3v) is 4.95. The first-order valence-electron chi connectivity index (χ1n) is 8.39. The molecule has 1 aliphatic heterocycles. The van der Waals surface area contributed by atoms with Gasteiger partial charge in [-0.05, 0) is 25.3 Å². The molecule has 1 atom stereocenters. The van der Waals surface area contributed by atoms with E-state index in [0.29, 0.717) is 17.3 Å². The Morgan fingerprint density at radius 1 is 1.27 bits per heavy atom. The molecule has 2 aliphatic rings. The molecule has 0 aromatic carbocycles. The minimum atomic E-state index is -0.103. The topological polar surface area (TPSA) is 71.9 Å². The van der Waals surface area contributed by atoms with E-state index in [9.17, 15) is 4.79 Å². The molecule has 0 bridgehead atoms. The summed E-state index contributed by atoms with van der Waals surface area (Å²) in [5.74, 6) is -0.103. The first kappa shape index (κ1) is 15.1. The lowest BCUT2D eigenvalue weighted by Gasteiger charge is -2.26. The summed E-state index contributed by atoms with van der Waals surface area (Å²) in [6, 6.07) is 4.57. The largest absolute Gasteiger partial charge is 0.356 e. The van der Waals surface area contributed by atoms with Crippen LogP contribution in [0.25, 0.3) is 0 Å². The number of nitrogens with zero attached hydrogens (tertiary/aromatic N) is 2. The SMILES string of the molecule is N#Cc1c[nH]c(C(=O)N[C@@H]2CCN(C3CCCCCC3)C2)c1. The van der Waals surface area contributed by atoms with Crippen molar-refractivity contribution in [1.29, 1.82) is 5.26 Å². The van der Waals surface area contributed by atoms with Crippen LogP contribution in [0.3, 0.4) is 0 Å². The van der Waals surface area contributed by atoms with Crippen molar-refractivity contribution in [2.24, 2.45) is 0 Å². The van der Waals surface area contributed by atoms with E-state index in [-0.39, 0.29) is 11.9 Å². The van der Waals surface area contributed by atoms with Crippen LogP contribution >= 0.6 is 0 Å². The van der Waals surface area contributed by atoms with Gasteiger partial charge < -0.3 is 10.3 Å². The number of carbonyl (C=O) groups is 1. The highest BCUT2D eigenvalue weighted by Gasteiger charge is 2.29. The Kier molecular flexibility index (Phi) is 4.79. The van der Waals surface area contributed by atoms with Crippen molar-refractivity contribution >= 4 is 5.91 Å². The van der Waals surface area contributed by atoms with Crippen LogP contribution < -0.4 is 5.32 Å². The predicted molar refractivity (Wildman–Crippen MR) is 84.4 cm³/mol. The molecule has 22 heavy (non-hydrogen) atoms. The number of aromatic nitrogens is 1. The van der Waals surface area contributed by atoms with Crippen LogP contribution in [0.5, 0.6) is 0 Å². The average Bonchev–Trinajstić information content (AvgIpc) is 3.11. The molecular formula is C17H24N4O. The zero-order chi connectivity index (χ0) is 15.4. The summed E-state index contributed by atoms with van der Waals surface area (Å²) in [6.07, 6.45) is 10.6. The standard InChI is InChI=1S/C17H24N4O/c18-10-13-9-16(19-11-13)17(22)20-14-7-8-21(12-14)15-5-3-1-2-4-6-15/h9,11,14-15,19H,1-8,12H2,(H,20,22)/t14-/m1/s1. The average molecular weight is 300 g/mol. The first-order chi connectivity index (χ1) is 10.8. The van der Waals surface area contributed by atoms with Gasteiger partial charge in [0.25, 0.3) is 5.91 Å². The van der Waals surface area contributed by atoms with Gasteiger partial charge in [-0.1, -0.05) is 25.7 Å². The quantitative estimate of drug-likeness (QED) is 0.842. The van der Waals surface area contributed by atoms with Gasteiger partial charge in [0.15, 0.2) is 0 Å². The number of likely N-dealkylation sites (tertiary alicyclic amines) is 1. The molecule has 5 heteroatoms. The van der Waals surface area contributed by atoms with Gasteiger partial charge in [-0.25, -0.2) is 0 Å². The van der Waals surface area contributed by atoms with Gasteiger partial charge in [0.2, 0.25) is 0 Å². The number of nitriles is 1. The molecule has 0 radical (unpaired) electrons. The Balaban J connectivity index is 1.52. The van der Waals surface area contributed by atoms with Crippen molar-refractivity contribution in [3.63, 3.8) is 0 Å². The fraction of sp³-hybridized carbons (Fsp3) is 0.647. The lowest BCUT2D eigenvalue weighted by molar-refractivity contribution is 0.0931. The Morgan fingerprint density at radius 2 is 2.05 bits per heavy atom. The van der Waals surface area contributed by atoms with Crippen LogP contribution in [-0.4, -0.2) is 41.0 Å². The summed E-state index contributed by atoms with van der Waals surface area (Å²) >= 11 is 0. The number of hydrogen-bond acceptors (Lipinski definition) is 3. The van der Waals surface area contributed by atoms with Crippen molar-refractivity contribution in [3.05, 3.63) is 23.5 Å². The summed E-state index contributed by atoms with van der Waals surface area (Å²) in [7, 11) is 0.